The molecular formula is C15H14BrN3. The van der Waals surface area contributed by atoms with Crippen LogP contribution in [0.2, 0.25) is 0 Å². The first-order valence-corrected chi connectivity index (χ1v) is 7.08. The maximum absolute atomic E-state index is 4.44. The molecule has 1 aliphatic rings. The molecule has 0 aliphatic carbocycles. The van der Waals surface area contributed by atoms with E-state index in [0.29, 0.717) is 0 Å². The fraction of sp³-hybridized carbons (Fsp3) is 0.200. The second kappa shape index (κ2) is 5.53. The molecule has 1 aliphatic heterocycles. The summed E-state index contributed by atoms with van der Waals surface area (Å²) in [6.07, 6.45) is 8.88. The van der Waals surface area contributed by atoms with E-state index in [2.05, 4.69) is 42.9 Å². The van der Waals surface area contributed by atoms with Gasteiger partial charge in [-0.3, -0.25) is 4.98 Å². The first kappa shape index (κ1) is 12.4. The molecule has 0 spiro atoms. The van der Waals surface area contributed by atoms with Crippen LogP contribution in [-0.2, 0) is 0 Å². The van der Waals surface area contributed by atoms with Crippen LogP contribution < -0.4 is 4.90 Å². The minimum atomic E-state index is 0.902. The van der Waals surface area contributed by atoms with Gasteiger partial charge in [-0.1, -0.05) is 12.1 Å². The summed E-state index contributed by atoms with van der Waals surface area (Å²) in [6.45, 7) is 1.90. The molecule has 0 fully saturated rings. The Hall–Kier alpha value is -1.68. The van der Waals surface area contributed by atoms with Gasteiger partial charge in [-0.25, -0.2) is 4.98 Å². The van der Waals surface area contributed by atoms with Crippen molar-refractivity contribution in [2.24, 2.45) is 0 Å². The molecule has 0 amide bonds. The maximum Gasteiger partial charge on any atom is 0.128 e. The van der Waals surface area contributed by atoms with Gasteiger partial charge in [0.25, 0.3) is 0 Å². The van der Waals surface area contributed by atoms with E-state index in [4.69, 9.17) is 0 Å². The summed E-state index contributed by atoms with van der Waals surface area (Å²) in [5, 5.41) is 0. The Morgan fingerprint density at radius 3 is 2.74 bits per heavy atom. The number of halogens is 1. The fourth-order valence-corrected chi connectivity index (χ4v) is 2.48. The highest BCUT2D eigenvalue weighted by molar-refractivity contribution is 9.10. The second-order valence-corrected chi connectivity index (χ2v) is 5.42. The molecule has 2 aromatic heterocycles. The summed E-state index contributed by atoms with van der Waals surface area (Å²) in [4.78, 5) is 10.9. The van der Waals surface area contributed by atoms with Gasteiger partial charge in [-0.15, -0.1) is 0 Å². The third-order valence-electron chi connectivity index (χ3n) is 3.28. The summed E-state index contributed by atoms with van der Waals surface area (Å²) in [6, 6.07) is 8.18. The van der Waals surface area contributed by atoms with E-state index >= 15 is 0 Å². The van der Waals surface area contributed by atoms with Crippen LogP contribution in [0.5, 0.6) is 0 Å². The van der Waals surface area contributed by atoms with Gasteiger partial charge in [0.2, 0.25) is 0 Å². The fourth-order valence-electron chi connectivity index (χ4n) is 2.25. The Morgan fingerprint density at radius 2 is 2.11 bits per heavy atom. The van der Waals surface area contributed by atoms with Gasteiger partial charge in [0.15, 0.2) is 0 Å². The standard InChI is InChI=1S/C15H14BrN3/c16-14-3-4-15(18-11-14)19-8-5-12(6-9-19)13-2-1-7-17-10-13/h1-5,7,10-11H,6,8-9H2. The molecule has 0 N–H and O–H groups in total. The van der Waals surface area contributed by atoms with Crippen LogP contribution in [0.4, 0.5) is 5.82 Å². The van der Waals surface area contributed by atoms with Gasteiger partial charge in [0.1, 0.15) is 5.82 Å². The number of nitrogens with zero attached hydrogens (tertiary/aromatic N) is 3. The molecule has 0 saturated heterocycles. The van der Waals surface area contributed by atoms with Crippen LogP contribution in [0.25, 0.3) is 5.57 Å². The molecule has 0 unspecified atom stereocenters. The quantitative estimate of drug-likeness (QED) is 0.849. The molecule has 0 aromatic carbocycles. The number of hydrogen-bond donors (Lipinski definition) is 0. The van der Waals surface area contributed by atoms with Crippen molar-refractivity contribution in [2.75, 3.05) is 18.0 Å². The smallest absolute Gasteiger partial charge is 0.128 e. The van der Waals surface area contributed by atoms with Crippen molar-refractivity contribution in [3.8, 4) is 0 Å². The minimum absolute atomic E-state index is 0.902. The zero-order chi connectivity index (χ0) is 13.1. The maximum atomic E-state index is 4.44. The molecule has 3 heterocycles. The van der Waals surface area contributed by atoms with Crippen LogP contribution in [0.1, 0.15) is 12.0 Å². The monoisotopic (exact) mass is 315 g/mol. The lowest BCUT2D eigenvalue weighted by Gasteiger charge is -2.27. The van der Waals surface area contributed by atoms with Gasteiger partial charge in [-0.2, -0.15) is 0 Å². The Kier molecular flexibility index (Phi) is 3.60. The predicted octanol–water partition coefficient (Wildman–Crippen LogP) is 3.53. The molecule has 0 atom stereocenters. The Balaban J connectivity index is 1.75. The zero-order valence-corrected chi connectivity index (χ0v) is 12.0. The third-order valence-corrected chi connectivity index (χ3v) is 3.75. The summed E-state index contributed by atoms with van der Waals surface area (Å²) >= 11 is 3.41. The molecule has 19 heavy (non-hydrogen) atoms. The SMILES string of the molecule is Brc1ccc(N2CC=C(c3cccnc3)CC2)nc1. The Bertz CT molecular complexity index is 578. The van der Waals surface area contributed by atoms with E-state index in [1.54, 1.807) is 0 Å². The van der Waals surface area contributed by atoms with Crippen molar-refractivity contribution < 1.29 is 0 Å². The minimum Gasteiger partial charge on any atom is -0.353 e. The van der Waals surface area contributed by atoms with E-state index in [1.807, 2.05) is 36.8 Å². The summed E-state index contributed by atoms with van der Waals surface area (Å²) in [7, 11) is 0. The molecule has 0 radical (unpaired) electrons. The summed E-state index contributed by atoms with van der Waals surface area (Å²) in [5.41, 5.74) is 2.60. The highest BCUT2D eigenvalue weighted by Gasteiger charge is 2.14. The van der Waals surface area contributed by atoms with Crippen molar-refractivity contribution in [3.05, 3.63) is 59.0 Å². The first-order valence-electron chi connectivity index (χ1n) is 6.29. The topological polar surface area (TPSA) is 29.0 Å². The van der Waals surface area contributed by atoms with Crippen LogP contribution >= 0.6 is 15.9 Å². The van der Waals surface area contributed by atoms with Crippen molar-refractivity contribution in [3.63, 3.8) is 0 Å². The first-order chi connectivity index (χ1) is 9.33. The molecule has 3 rings (SSSR count). The zero-order valence-electron chi connectivity index (χ0n) is 10.5. The van der Waals surface area contributed by atoms with Crippen molar-refractivity contribution in [1.82, 2.24) is 9.97 Å². The van der Waals surface area contributed by atoms with Crippen LogP contribution in [0.15, 0.2) is 53.4 Å². The van der Waals surface area contributed by atoms with E-state index in [-0.39, 0.29) is 0 Å². The molecule has 3 nitrogen and oxygen atoms in total. The van der Waals surface area contributed by atoms with Crippen molar-refractivity contribution >= 4 is 27.3 Å². The molecule has 4 heteroatoms. The van der Waals surface area contributed by atoms with Crippen LogP contribution in [0, 0.1) is 0 Å². The van der Waals surface area contributed by atoms with Gasteiger partial charge in [0, 0.05) is 36.2 Å². The van der Waals surface area contributed by atoms with E-state index in [0.717, 1.165) is 29.8 Å². The van der Waals surface area contributed by atoms with Crippen molar-refractivity contribution in [1.29, 1.82) is 0 Å². The van der Waals surface area contributed by atoms with E-state index in [9.17, 15) is 0 Å². The number of anilines is 1. The van der Waals surface area contributed by atoms with E-state index < -0.39 is 0 Å². The lowest BCUT2D eigenvalue weighted by Crippen LogP contribution is -2.28. The normalized spacial score (nSPS) is 15.2. The third kappa shape index (κ3) is 2.84. The average Bonchev–Trinajstić information content (AvgIpc) is 2.49. The van der Waals surface area contributed by atoms with Gasteiger partial charge in [-0.05, 0) is 51.7 Å². The number of aromatic nitrogens is 2. The predicted molar refractivity (Wildman–Crippen MR) is 81.0 cm³/mol. The Labute approximate surface area is 121 Å². The highest BCUT2D eigenvalue weighted by atomic mass is 79.9. The molecule has 0 bridgehead atoms. The van der Waals surface area contributed by atoms with E-state index in [1.165, 1.54) is 11.1 Å². The molecule has 2 aromatic rings. The second-order valence-electron chi connectivity index (χ2n) is 4.50. The lowest BCUT2D eigenvalue weighted by molar-refractivity contribution is 0.816. The lowest BCUT2D eigenvalue weighted by atomic mass is 10.0. The van der Waals surface area contributed by atoms with Crippen LogP contribution in [0.3, 0.4) is 0 Å². The van der Waals surface area contributed by atoms with Crippen molar-refractivity contribution in [2.45, 2.75) is 6.42 Å². The number of hydrogen-bond acceptors (Lipinski definition) is 3. The van der Waals surface area contributed by atoms with Gasteiger partial charge in [0.05, 0.1) is 0 Å². The Morgan fingerprint density at radius 1 is 1.16 bits per heavy atom. The highest BCUT2D eigenvalue weighted by Crippen LogP contribution is 2.24. The molecule has 96 valence electrons. The van der Waals surface area contributed by atoms with Gasteiger partial charge >= 0.3 is 0 Å². The molecule has 0 saturated carbocycles. The summed E-state index contributed by atoms with van der Waals surface area (Å²) in [5.74, 6) is 1.03. The number of pyridine rings is 2. The average molecular weight is 316 g/mol. The largest absolute Gasteiger partial charge is 0.353 e. The van der Waals surface area contributed by atoms with Crippen LogP contribution in [-0.4, -0.2) is 23.1 Å². The van der Waals surface area contributed by atoms with Gasteiger partial charge < -0.3 is 4.90 Å². The molecular weight excluding hydrogens is 302 g/mol. The summed E-state index contributed by atoms with van der Waals surface area (Å²) < 4.78 is 1.01. The number of rotatable bonds is 2.